The molecular weight excluding hydrogens is 178 g/mol. The van der Waals surface area contributed by atoms with Gasteiger partial charge in [0, 0.05) is 18.2 Å². The third-order valence-electron chi connectivity index (χ3n) is 2.32. The van der Waals surface area contributed by atoms with E-state index in [1.807, 2.05) is 6.92 Å². The highest BCUT2D eigenvalue weighted by Crippen LogP contribution is 2.12. The molecule has 0 bridgehead atoms. The zero-order chi connectivity index (χ0) is 11.0. The first-order valence-corrected chi connectivity index (χ1v) is 5.54. The number of hydrogen-bond acceptors (Lipinski definition) is 3. The van der Waals surface area contributed by atoms with E-state index in [1.54, 1.807) is 0 Å². The molecule has 2 atom stereocenters. The predicted octanol–water partition coefficient (Wildman–Crippen LogP) is 1.55. The van der Waals surface area contributed by atoms with Gasteiger partial charge >= 0.3 is 0 Å². The van der Waals surface area contributed by atoms with Gasteiger partial charge in [0.1, 0.15) is 0 Å². The van der Waals surface area contributed by atoms with Crippen LogP contribution in [0.15, 0.2) is 0 Å². The minimum atomic E-state index is -0.161. The van der Waals surface area contributed by atoms with Crippen molar-refractivity contribution in [2.75, 3.05) is 19.8 Å². The minimum Gasteiger partial charge on any atom is -0.394 e. The summed E-state index contributed by atoms with van der Waals surface area (Å²) in [6.45, 7) is 9.88. The van der Waals surface area contributed by atoms with Gasteiger partial charge in [0.25, 0.3) is 0 Å². The van der Waals surface area contributed by atoms with Gasteiger partial charge < -0.3 is 15.2 Å². The van der Waals surface area contributed by atoms with Crippen molar-refractivity contribution < 1.29 is 9.84 Å². The molecule has 0 saturated carbocycles. The van der Waals surface area contributed by atoms with Crippen LogP contribution < -0.4 is 5.32 Å². The van der Waals surface area contributed by atoms with Crippen molar-refractivity contribution in [3.05, 3.63) is 0 Å². The lowest BCUT2D eigenvalue weighted by atomic mass is 9.96. The summed E-state index contributed by atoms with van der Waals surface area (Å²) in [5.74, 6) is 0. The standard InChI is InChI=1S/C11H25NO2/c1-5-7-11(4,9-13)12-10(3)8-14-6-2/h10,12-13H,5-9H2,1-4H3. The normalized spacial score (nSPS) is 17.8. The Kier molecular flexibility index (Phi) is 7.15. The van der Waals surface area contributed by atoms with Crippen LogP contribution in [0.5, 0.6) is 0 Å². The Morgan fingerprint density at radius 1 is 1.43 bits per heavy atom. The summed E-state index contributed by atoms with van der Waals surface area (Å²) < 4.78 is 5.32. The van der Waals surface area contributed by atoms with E-state index in [1.165, 1.54) is 0 Å². The van der Waals surface area contributed by atoms with Gasteiger partial charge in [0.15, 0.2) is 0 Å². The SMILES string of the molecule is CCCC(C)(CO)NC(C)COCC. The zero-order valence-corrected chi connectivity index (χ0v) is 9.97. The molecule has 0 radical (unpaired) electrons. The van der Waals surface area contributed by atoms with Crippen molar-refractivity contribution >= 4 is 0 Å². The summed E-state index contributed by atoms with van der Waals surface area (Å²) in [7, 11) is 0. The topological polar surface area (TPSA) is 41.5 Å². The number of ether oxygens (including phenoxy) is 1. The van der Waals surface area contributed by atoms with Crippen molar-refractivity contribution in [1.82, 2.24) is 5.32 Å². The average molecular weight is 203 g/mol. The smallest absolute Gasteiger partial charge is 0.0616 e. The maximum atomic E-state index is 9.29. The molecule has 2 N–H and O–H groups in total. The predicted molar refractivity (Wildman–Crippen MR) is 59.5 cm³/mol. The van der Waals surface area contributed by atoms with Gasteiger partial charge in [-0.25, -0.2) is 0 Å². The fraction of sp³-hybridized carbons (Fsp3) is 1.00. The lowest BCUT2D eigenvalue weighted by molar-refractivity contribution is 0.0951. The Labute approximate surface area is 87.8 Å². The van der Waals surface area contributed by atoms with E-state index < -0.39 is 0 Å². The molecule has 0 saturated heterocycles. The zero-order valence-electron chi connectivity index (χ0n) is 9.97. The van der Waals surface area contributed by atoms with Crippen LogP contribution in [0.3, 0.4) is 0 Å². The summed E-state index contributed by atoms with van der Waals surface area (Å²) >= 11 is 0. The maximum absolute atomic E-state index is 9.29. The Morgan fingerprint density at radius 3 is 2.50 bits per heavy atom. The molecule has 0 spiro atoms. The van der Waals surface area contributed by atoms with Crippen molar-refractivity contribution in [2.45, 2.75) is 52.1 Å². The van der Waals surface area contributed by atoms with E-state index in [2.05, 4.69) is 26.1 Å². The summed E-state index contributed by atoms with van der Waals surface area (Å²) in [6.07, 6.45) is 2.06. The minimum absolute atomic E-state index is 0.161. The molecule has 0 fully saturated rings. The van der Waals surface area contributed by atoms with Crippen LogP contribution in [0.25, 0.3) is 0 Å². The average Bonchev–Trinajstić information content (AvgIpc) is 2.15. The maximum Gasteiger partial charge on any atom is 0.0616 e. The van der Waals surface area contributed by atoms with Crippen LogP contribution in [0.2, 0.25) is 0 Å². The van der Waals surface area contributed by atoms with Gasteiger partial charge in [-0.05, 0) is 27.2 Å². The van der Waals surface area contributed by atoms with Gasteiger partial charge in [-0.15, -0.1) is 0 Å². The highest BCUT2D eigenvalue weighted by Gasteiger charge is 2.23. The fourth-order valence-corrected chi connectivity index (χ4v) is 1.68. The highest BCUT2D eigenvalue weighted by atomic mass is 16.5. The quantitative estimate of drug-likeness (QED) is 0.629. The second-order valence-electron chi connectivity index (χ2n) is 4.17. The summed E-state index contributed by atoms with van der Waals surface area (Å²) in [6, 6.07) is 0.290. The van der Waals surface area contributed by atoms with E-state index in [0.29, 0.717) is 12.6 Å². The highest BCUT2D eigenvalue weighted by molar-refractivity contribution is 4.84. The van der Waals surface area contributed by atoms with E-state index in [-0.39, 0.29) is 12.1 Å². The summed E-state index contributed by atoms with van der Waals surface area (Å²) in [4.78, 5) is 0. The molecule has 0 aliphatic heterocycles. The number of nitrogens with one attached hydrogen (secondary N) is 1. The monoisotopic (exact) mass is 203 g/mol. The van der Waals surface area contributed by atoms with Crippen LogP contribution >= 0.6 is 0 Å². The largest absolute Gasteiger partial charge is 0.394 e. The summed E-state index contributed by atoms with van der Waals surface area (Å²) in [5.41, 5.74) is -0.161. The molecule has 0 aliphatic rings. The number of aliphatic hydroxyl groups is 1. The van der Waals surface area contributed by atoms with Gasteiger partial charge in [-0.3, -0.25) is 0 Å². The molecule has 0 aromatic carbocycles. The molecule has 86 valence electrons. The van der Waals surface area contributed by atoms with Crippen LogP contribution in [-0.2, 0) is 4.74 Å². The number of hydrogen-bond donors (Lipinski definition) is 2. The van der Waals surface area contributed by atoms with E-state index in [9.17, 15) is 5.11 Å². The lowest BCUT2D eigenvalue weighted by Crippen LogP contribution is -2.51. The van der Waals surface area contributed by atoms with Crippen LogP contribution in [0.4, 0.5) is 0 Å². The Hall–Kier alpha value is -0.120. The molecule has 3 nitrogen and oxygen atoms in total. The van der Waals surface area contributed by atoms with Gasteiger partial charge in [0.05, 0.1) is 13.2 Å². The molecule has 0 heterocycles. The van der Waals surface area contributed by atoms with E-state index >= 15 is 0 Å². The molecule has 14 heavy (non-hydrogen) atoms. The third kappa shape index (κ3) is 5.58. The third-order valence-corrected chi connectivity index (χ3v) is 2.32. The Balaban J connectivity index is 3.89. The van der Waals surface area contributed by atoms with Crippen molar-refractivity contribution in [3.63, 3.8) is 0 Å². The second kappa shape index (κ2) is 7.21. The van der Waals surface area contributed by atoms with Crippen LogP contribution in [0.1, 0.15) is 40.5 Å². The van der Waals surface area contributed by atoms with E-state index in [4.69, 9.17) is 4.74 Å². The Bertz CT molecular complexity index is 141. The molecule has 0 amide bonds. The molecule has 0 aromatic rings. The Morgan fingerprint density at radius 2 is 2.07 bits per heavy atom. The van der Waals surface area contributed by atoms with Gasteiger partial charge in [-0.2, -0.15) is 0 Å². The molecule has 2 unspecified atom stereocenters. The molecule has 0 rings (SSSR count). The van der Waals surface area contributed by atoms with Gasteiger partial charge in [-0.1, -0.05) is 13.3 Å². The van der Waals surface area contributed by atoms with Crippen LogP contribution in [0, 0.1) is 0 Å². The van der Waals surface area contributed by atoms with Crippen molar-refractivity contribution in [1.29, 1.82) is 0 Å². The van der Waals surface area contributed by atoms with Crippen molar-refractivity contribution in [2.24, 2.45) is 0 Å². The molecular formula is C11H25NO2. The first kappa shape index (κ1) is 13.9. The second-order valence-corrected chi connectivity index (χ2v) is 4.17. The van der Waals surface area contributed by atoms with Crippen molar-refractivity contribution in [3.8, 4) is 0 Å². The molecule has 0 aromatic heterocycles. The van der Waals surface area contributed by atoms with Gasteiger partial charge in [0.2, 0.25) is 0 Å². The fourth-order valence-electron chi connectivity index (χ4n) is 1.68. The lowest BCUT2D eigenvalue weighted by Gasteiger charge is -2.32. The first-order valence-electron chi connectivity index (χ1n) is 5.54. The van der Waals surface area contributed by atoms with E-state index in [0.717, 1.165) is 19.4 Å². The number of aliphatic hydroxyl groups excluding tert-OH is 1. The first-order chi connectivity index (χ1) is 6.58. The molecule has 3 heteroatoms. The van der Waals surface area contributed by atoms with Crippen LogP contribution in [-0.4, -0.2) is 36.5 Å². The number of rotatable bonds is 8. The summed E-state index contributed by atoms with van der Waals surface area (Å²) in [5, 5.41) is 12.7. The molecule has 0 aliphatic carbocycles.